The highest BCUT2D eigenvalue weighted by Gasteiger charge is 2.32. The Labute approximate surface area is 146 Å². The molecule has 2 aromatic carbocycles. The lowest BCUT2D eigenvalue weighted by Gasteiger charge is -2.35. The molecule has 1 heterocycles. The molecule has 1 aliphatic rings. The van der Waals surface area contributed by atoms with Crippen LogP contribution in [0.2, 0.25) is 5.02 Å². The first kappa shape index (κ1) is 17.8. The number of nitrogens with one attached hydrogen (secondary N) is 1. The van der Waals surface area contributed by atoms with E-state index in [9.17, 15) is 17.6 Å². The highest BCUT2D eigenvalue weighted by atomic mass is 35.5. The van der Waals surface area contributed by atoms with Gasteiger partial charge in [0.1, 0.15) is 23.4 Å². The Morgan fingerprint density at radius 2 is 1.68 bits per heavy atom. The summed E-state index contributed by atoms with van der Waals surface area (Å²) in [5.74, 6) is -0.401. The molecule has 0 radical (unpaired) electrons. The van der Waals surface area contributed by atoms with Crippen LogP contribution >= 0.6 is 11.6 Å². The van der Waals surface area contributed by atoms with Crippen molar-refractivity contribution < 1.29 is 27.0 Å². The number of alkyl halides is 3. The maximum absolute atomic E-state index is 13.7. The summed E-state index contributed by atoms with van der Waals surface area (Å²) in [4.78, 5) is 0. The van der Waals surface area contributed by atoms with Gasteiger partial charge in [0.05, 0.1) is 5.02 Å². The van der Waals surface area contributed by atoms with Gasteiger partial charge in [0.25, 0.3) is 0 Å². The summed E-state index contributed by atoms with van der Waals surface area (Å²) in [7, 11) is 0. The van der Waals surface area contributed by atoms with Crippen LogP contribution in [0, 0.1) is 11.7 Å². The van der Waals surface area contributed by atoms with Gasteiger partial charge in [-0.1, -0.05) is 17.7 Å². The maximum atomic E-state index is 13.7. The highest BCUT2D eigenvalue weighted by molar-refractivity contribution is 6.30. The summed E-state index contributed by atoms with van der Waals surface area (Å²) in [5.41, 5.74) is 0.615. The van der Waals surface area contributed by atoms with E-state index in [0.29, 0.717) is 24.4 Å². The van der Waals surface area contributed by atoms with Crippen molar-refractivity contribution in [1.29, 1.82) is 0 Å². The molecule has 0 aliphatic carbocycles. The number of hydrogen-bond acceptors (Lipinski definition) is 3. The molecule has 0 aromatic heterocycles. The number of halogens is 5. The van der Waals surface area contributed by atoms with E-state index in [1.54, 1.807) is 6.07 Å². The molecule has 1 saturated heterocycles. The minimum Gasteiger partial charge on any atom is -0.485 e. The lowest BCUT2D eigenvalue weighted by molar-refractivity contribution is -0.274. The Kier molecular flexibility index (Phi) is 5.06. The number of hydrogen-bond donors (Lipinski definition) is 1. The zero-order valence-electron chi connectivity index (χ0n) is 12.8. The van der Waals surface area contributed by atoms with Crippen molar-refractivity contribution in [2.75, 3.05) is 13.1 Å². The van der Waals surface area contributed by atoms with Crippen LogP contribution in [0.5, 0.6) is 11.5 Å². The summed E-state index contributed by atoms with van der Waals surface area (Å²) >= 11 is 5.71. The molecule has 0 saturated carbocycles. The molecular formula is C17H14ClF4NO2. The van der Waals surface area contributed by atoms with E-state index in [1.165, 1.54) is 36.4 Å². The van der Waals surface area contributed by atoms with Crippen molar-refractivity contribution in [3.8, 4) is 11.5 Å². The van der Waals surface area contributed by atoms with Crippen LogP contribution in [0.25, 0.3) is 0 Å². The largest absolute Gasteiger partial charge is 0.573 e. The summed E-state index contributed by atoms with van der Waals surface area (Å²) < 4.78 is 60.1. The third-order valence-corrected chi connectivity index (χ3v) is 4.14. The number of benzene rings is 2. The van der Waals surface area contributed by atoms with E-state index in [0.717, 1.165) is 0 Å². The van der Waals surface area contributed by atoms with Gasteiger partial charge in [0.2, 0.25) is 0 Å². The van der Waals surface area contributed by atoms with E-state index >= 15 is 0 Å². The molecule has 1 aliphatic heterocycles. The van der Waals surface area contributed by atoms with Gasteiger partial charge in [0.15, 0.2) is 0 Å². The maximum Gasteiger partial charge on any atom is 0.573 e. The highest BCUT2D eigenvalue weighted by Crippen LogP contribution is 2.33. The molecule has 0 bridgehead atoms. The fourth-order valence-corrected chi connectivity index (χ4v) is 2.63. The third-order valence-electron chi connectivity index (χ3n) is 3.83. The van der Waals surface area contributed by atoms with Crippen LogP contribution in [-0.2, 0) is 0 Å². The molecule has 3 rings (SSSR count). The summed E-state index contributed by atoms with van der Waals surface area (Å²) in [6.07, 6.45) is -5.19. The SMILES string of the molecule is Fc1cc(C(Oc2ccc(OC(F)(F)F)cc2)C2CNC2)ccc1Cl. The van der Waals surface area contributed by atoms with Gasteiger partial charge < -0.3 is 14.8 Å². The number of rotatable bonds is 5. The Morgan fingerprint density at radius 3 is 2.20 bits per heavy atom. The summed E-state index contributed by atoms with van der Waals surface area (Å²) in [6, 6.07) is 9.54. The van der Waals surface area contributed by atoms with Gasteiger partial charge in [-0.05, 0) is 42.0 Å². The van der Waals surface area contributed by atoms with Crippen LogP contribution in [0.1, 0.15) is 11.7 Å². The van der Waals surface area contributed by atoms with E-state index in [1.807, 2.05) is 0 Å². The smallest absolute Gasteiger partial charge is 0.485 e. The molecular weight excluding hydrogens is 362 g/mol. The standard InChI is InChI=1S/C17H14ClF4NO2/c18-14-6-1-10(7-15(14)19)16(11-8-23-9-11)24-12-2-4-13(5-3-12)25-17(20,21)22/h1-7,11,16,23H,8-9H2. The van der Waals surface area contributed by atoms with Gasteiger partial charge in [-0.25, -0.2) is 4.39 Å². The van der Waals surface area contributed by atoms with Gasteiger partial charge in [-0.2, -0.15) is 0 Å². The van der Waals surface area contributed by atoms with E-state index in [2.05, 4.69) is 10.1 Å². The van der Waals surface area contributed by atoms with E-state index in [-0.39, 0.29) is 16.7 Å². The summed E-state index contributed by atoms with van der Waals surface area (Å²) in [6.45, 7) is 1.40. The third kappa shape index (κ3) is 4.55. The summed E-state index contributed by atoms with van der Waals surface area (Å²) in [5, 5.41) is 3.13. The van der Waals surface area contributed by atoms with Crippen molar-refractivity contribution in [2.45, 2.75) is 12.5 Å². The monoisotopic (exact) mass is 375 g/mol. The van der Waals surface area contributed by atoms with Crippen LogP contribution in [0.3, 0.4) is 0 Å². The number of ether oxygens (including phenoxy) is 2. The Hall–Kier alpha value is -1.99. The lowest BCUT2D eigenvalue weighted by atomic mass is 9.90. The van der Waals surface area contributed by atoms with Gasteiger partial charge in [-0.15, -0.1) is 13.2 Å². The first-order valence-electron chi connectivity index (χ1n) is 7.50. The van der Waals surface area contributed by atoms with E-state index in [4.69, 9.17) is 16.3 Å². The molecule has 0 spiro atoms. The molecule has 1 unspecified atom stereocenters. The second kappa shape index (κ2) is 7.09. The van der Waals surface area contributed by atoms with Crippen molar-refractivity contribution >= 4 is 11.6 Å². The zero-order chi connectivity index (χ0) is 18.0. The molecule has 8 heteroatoms. The fraction of sp³-hybridized carbons (Fsp3) is 0.294. The zero-order valence-corrected chi connectivity index (χ0v) is 13.6. The Balaban J connectivity index is 1.77. The van der Waals surface area contributed by atoms with Gasteiger partial charge in [-0.3, -0.25) is 0 Å². The molecule has 1 fully saturated rings. The first-order valence-corrected chi connectivity index (χ1v) is 7.88. The van der Waals surface area contributed by atoms with Gasteiger partial charge >= 0.3 is 6.36 Å². The molecule has 2 aromatic rings. The quantitative estimate of drug-likeness (QED) is 0.767. The molecule has 0 amide bonds. The van der Waals surface area contributed by atoms with E-state index < -0.39 is 18.3 Å². The van der Waals surface area contributed by atoms with Crippen LogP contribution in [-0.4, -0.2) is 19.5 Å². The van der Waals surface area contributed by atoms with Crippen molar-refractivity contribution in [3.63, 3.8) is 0 Å². The second-order valence-electron chi connectivity index (χ2n) is 5.65. The molecule has 134 valence electrons. The molecule has 1 atom stereocenters. The van der Waals surface area contributed by atoms with Crippen molar-refractivity contribution in [3.05, 3.63) is 58.9 Å². The average Bonchev–Trinajstić information content (AvgIpc) is 2.48. The molecule has 3 nitrogen and oxygen atoms in total. The van der Waals surface area contributed by atoms with Gasteiger partial charge in [0, 0.05) is 19.0 Å². The predicted octanol–water partition coefficient (Wildman–Crippen LogP) is 4.72. The predicted molar refractivity (Wildman–Crippen MR) is 84.3 cm³/mol. The molecule has 25 heavy (non-hydrogen) atoms. The molecule has 1 N–H and O–H groups in total. The Bertz CT molecular complexity index is 732. The van der Waals surface area contributed by atoms with Crippen LogP contribution < -0.4 is 14.8 Å². The lowest BCUT2D eigenvalue weighted by Crippen LogP contribution is -2.46. The van der Waals surface area contributed by atoms with Crippen molar-refractivity contribution in [1.82, 2.24) is 5.32 Å². The normalized spacial score (nSPS) is 16.2. The average molecular weight is 376 g/mol. The Morgan fingerprint density at radius 1 is 1.04 bits per heavy atom. The van der Waals surface area contributed by atoms with Crippen LogP contribution in [0.4, 0.5) is 17.6 Å². The topological polar surface area (TPSA) is 30.5 Å². The minimum atomic E-state index is -4.75. The second-order valence-corrected chi connectivity index (χ2v) is 6.06. The minimum absolute atomic E-state index is 0.0166. The fourth-order valence-electron chi connectivity index (χ4n) is 2.52. The van der Waals surface area contributed by atoms with Crippen molar-refractivity contribution in [2.24, 2.45) is 5.92 Å². The first-order chi connectivity index (χ1) is 11.8. The van der Waals surface area contributed by atoms with Crippen LogP contribution in [0.15, 0.2) is 42.5 Å².